The fourth-order valence-corrected chi connectivity index (χ4v) is 0.690. The average Bonchev–Trinajstić information content (AvgIpc) is 1.98. The van der Waals surface area contributed by atoms with Gasteiger partial charge in [-0.25, -0.2) is 0 Å². The summed E-state index contributed by atoms with van der Waals surface area (Å²) < 4.78 is 44.3. The van der Waals surface area contributed by atoms with Crippen molar-refractivity contribution in [2.45, 2.75) is 32.2 Å². The molecule has 0 rings (SSSR count). The van der Waals surface area contributed by atoms with Crippen molar-refractivity contribution in [3.8, 4) is 0 Å². The second-order valence-electron chi connectivity index (χ2n) is 3.27. The molecule has 0 aromatic rings. The fourth-order valence-electron chi connectivity index (χ4n) is 0.690. The average molecular weight is 215 g/mol. The Morgan fingerprint density at radius 2 is 1.79 bits per heavy atom. The zero-order valence-corrected chi connectivity index (χ0v) is 8.30. The molecule has 3 nitrogen and oxygen atoms in total. The van der Waals surface area contributed by atoms with E-state index in [1.165, 1.54) is 0 Å². The molecule has 0 amide bonds. The van der Waals surface area contributed by atoms with Gasteiger partial charge in [-0.15, -0.1) is 0 Å². The lowest BCUT2D eigenvalue weighted by molar-refractivity contribution is -0.175. The molecule has 86 valence electrons. The van der Waals surface area contributed by atoms with Crippen molar-refractivity contribution in [1.29, 1.82) is 0 Å². The van der Waals surface area contributed by atoms with Crippen LogP contribution in [0.15, 0.2) is 0 Å². The van der Waals surface area contributed by atoms with E-state index in [1.807, 2.05) is 13.8 Å². The summed E-state index contributed by atoms with van der Waals surface area (Å²) >= 11 is 0. The summed E-state index contributed by atoms with van der Waals surface area (Å²) in [5.41, 5.74) is 5.43. The van der Waals surface area contributed by atoms with Gasteiger partial charge in [-0.05, 0) is 13.8 Å². The Morgan fingerprint density at radius 1 is 1.21 bits per heavy atom. The number of hydrogen-bond donors (Lipinski definition) is 1. The molecule has 1 atom stereocenters. The van der Waals surface area contributed by atoms with E-state index in [9.17, 15) is 13.2 Å². The molecular formula is C8H16F3NO2. The van der Waals surface area contributed by atoms with Crippen LogP contribution < -0.4 is 5.73 Å². The number of hydrogen-bond acceptors (Lipinski definition) is 3. The van der Waals surface area contributed by atoms with Gasteiger partial charge < -0.3 is 15.2 Å². The van der Waals surface area contributed by atoms with Crippen LogP contribution >= 0.6 is 0 Å². The number of rotatable bonds is 6. The molecule has 6 heteroatoms. The Bertz CT molecular complexity index is 150. The van der Waals surface area contributed by atoms with E-state index >= 15 is 0 Å². The molecule has 0 aliphatic carbocycles. The van der Waals surface area contributed by atoms with Crippen LogP contribution in [0.5, 0.6) is 0 Å². The van der Waals surface area contributed by atoms with Crippen LogP contribution in [-0.2, 0) is 9.47 Å². The van der Waals surface area contributed by atoms with E-state index in [-0.39, 0.29) is 19.3 Å². The van der Waals surface area contributed by atoms with Crippen LogP contribution in [0, 0.1) is 0 Å². The van der Waals surface area contributed by atoms with Crippen LogP contribution in [0.2, 0.25) is 0 Å². The minimum Gasteiger partial charge on any atom is -0.377 e. The van der Waals surface area contributed by atoms with Crippen molar-refractivity contribution in [2.24, 2.45) is 5.73 Å². The molecular weight excluding hydrogens is 199 g/mol. The van der Waals surface area contributed by atoms with Gasteiger partial charge in [0.1, 0.15) is 6.61 Å². The molecule has 14 heavy (non-hydrogen) atoms. The zero-order chi connectivity index (χ0) is 11.2. The van der Waals surface area contributed by atoms with Gasteiger partial charge in [0.2, 0.25) is 0 Å². The van der Waals surface area contributed by atoms with Gasteiger partial charge in [0.05, 0.1) is 25.4 Å². The van der Waals surface area contributed by atoms with Gasteiger partial charge in [-0.3, -0.25) is 0 Å². The second-order valence-corrected chi connectivity index (χ2v) is 3.27. The Kier molecular flexibility index (Phi) is 6.06. The van der Waals surface area contributed by atoms with Crippen LogP contribution in [0.1, 0.15) is 13.8 Å². The van der Waals surface area contributed by atoms with Crippen LogP contribution in [0.25, 0.3) is 0 Å². The predicted molar refractivity (Wildman–Crippen MR) is 45.9 cm³/mol. The van der Waals surface area contributed by atoms with Crippen LogP contribution in [0.3, 0.4) is 0 Å². The maximum absolute atomic E-state index is 11.6. The Labute approximate surface area is 81.4 Å². The van der Waals surface area contributed by atoms with Gasteiger partial charge >= 0.3 is 6.18 Å². The predicted octanol–water partition coefficient (Wildman–Crippen LogP) is 1.32. The highest BCUT2D eigenvalue weighted by atomic mass is 19.4. The molecule has 0 aromatic heterocycles. The van der Waals surface area contributed by atoms with Crippen LogP contribution in [0.4, 0.5) is 13.2 Å². The maximum atomic E-state index is 11.6. The lowest BCUT2D eigenvalue weighted by Gasteiger charge is -2.15. The largest absolute Gasteiger partial charge is 0.411 e. The highest BCUT2D eigenvalue weighted by molar-refractivity contribution is 4.59. The molecule has 1 unspecified atom stereocenters. The molecule has 0 bridgehead atoms. The fraction of sp³-hybridized carbons (Fsp3) is 1.00. The molecule has 0 saturated heterocycles. The van der Waals surface area contributed by atoms with Crippen molar-refractivity contribution in [2.75, 3.05) is 19.8 Å². The topological polar surface area (TPSA) is 44.5 Å². The molecule has 0 radical (unpaired) electrons. The van der Waals surface area contributed by atoms with E-state index in [1.54, 1.807) is 0 Å². The summed E-state index contributed by atoms with van der Waals surface area (Å²) in [4.78, 5) is 0. The number of halogens is 3. The van der Waals surface area contributed by atoms with Crippen molar-refractivity contribution in [1.82, 2.24) is 0 Å². The highest BCUT2D eigenvalue weighted by Gasteiger charge is 2.27. The minimum absolute atomic E-state index is 0.0173. The third-order valence-electron chi connectivity index (χ3n) is 1.24. The smallest absolute Gasteiger partial charge is 0.377 e. The Hall–Kier alpha value is -0.330. The molecule has 0 spiro atoms. The molecule has 0 fully saturated rings. The summed E-state index contributed by atoms with van der Waals surface area (Å²) in [5.74, 6) is 0. The monoisotopic (exact) mass is 215 g/mol. The minimum atomic E-state index is -4.29. The summed E-state index contributed by atoms with van der Waals surface area (Å²) in [7, 11) is 0. The first-order valence-electron chi connectivity index (χ1n) is 4.33. The van der Waals surface area contributed by atoms with E-state index in [2.05, 4.69) is 4.74 Å². The molecule has 2 N–H and O–H groups in total. The van der Waals surface area contributed by atoms with E-state index in [4.69, 9.17) is 10.5 Å². The SMILES string of the molecule is CC(C)OCC(N)COCC(F)(F)F. The van der Waals surface area contributed by atoms with Crippen molar-refractivity contribution >= 4 is 0 Å². The third kappa shape index (κ3) is 9.76. The van der Waals surface area contributed by atoms with E-state index in [0.717, 1.165) is 0 Å². The number of ether oxygens (including phenoxy) is 2. The molecule has 0 saturated carbocycles. The normalized spacial score (nSPS) is 14.8. The van der Waals surface area contributed by atoms with Gasteiger partial charge in [-0.2, -0.15) is 13.2 Å². The highest BCUT2D eigenvalue weighted by Crippen LogP contribution is 2.14. The molecule has 0 aliphatic heterocycles. The zero-order valence-electron chi connectivity index (χ0n) is 8.30. The standard InChI is InChI=1S/C8H16F3NO2/c1-6(2)14-4-7(12)3-13-5-8(9,10)11/h6-7H,3-5,12H2,1-2H3. The van der Waals surface area contributed by atoms with Crippen molar-refractivity contribution < 1.29 is 22.6 Å². The first-order valence-corrected chi connectivity index (χ1v) is 4.33. The summed E-state index contributed by atoms with van der Waals surface area (Å²) in [6.07, 6.45) is -4.28. The van der Waals surface area contributed by atoms with Gasteiger partial charge in [0.15, 0.2) is 0 Å². The quantitative estimate of drug-likeness (QED) is 0.726. The summed E-state index contributed by atoms with van der Waals surface area (Å²) in [6, 6.07) is -0.514. The van der Waals surface area contributed by atoms with Crippen molar-refractivity contribution in [3.05, 3.63) is 0 Å². The molecule has 0 aromatic carbocycles. The number of nitrogens with two attached hydrogens (primary N) is 1. The van der Waals surface area contributed by atoms with Crippen LogP contribution in [-0.4, -0.2) is 38.1 Å². The Balaban J connectivity index is 3.40. The molecule has 0 aliphatic rings. The third-order valence-corrected chi connectivity index (χ3v) is 1.24. The first kappa shape index (κ1) is 13.7. The van der Waals surface area contributed by atoms with E-state index < -0.39 is 18.8 Å². The molecule has 0 heterocycles. The lowest BCUT2D eigenvalue weighted by Crippen LogP contribution is -2.34. The lowest BCUT2D eigenvalue weighted by atomic mass is 10.3. The number of alkyl halides is 3. The summed E-state index contributed by atoms with van der Waals surface area (Å²) in [6.45, 7) is 2.44. The maximum Gasteiger partial charge on any atom is 0.411 e. The van der Waals surface area contributed by atoms with Gasteiger partial charge in [0.25, 0.3) is 0 Å². The van der Waals surface area contributed by atoms with Gasteiger partial charge in [0, 0.05) is 0 Å². The van der Waals surface area contributed by atoms with Gasteiger partial charge in [-0.1, -0.05) is 0 Å². The second kappa shape index (κ2) is 6.21. The first-order chi connectivity index (χ1) is 6.31. The summed E-state index contributed by atoms with van der Waals surface area (Å²) in [5, 5.41) is 0. The van der Waals surface area contributed by atoms with Crippen molar-refractivity contribution in [3.63, 3.8) is 0 Å². The Morgan fingerprint density at radius 3 is 2.21 bits per heavy atom. The van der Waals surface area contributed by atoms with E-state index in [0.29, 0.717) is 0 Å².